The Balaban J connectivity index is 5.22. The normalized spacial score (nSPS) is 13.7. The van der Waals surface area contributed by atoms with Crippen LogP contribution in [0.3, 0.4) is 0 Å². The molecule has 108 heavy (non-hydrogen) atoms. The highest BCUT2D eigenvalue weighted by molar-refractivity contribution is 7.47. The van der Waals surface area contributed by atoms with Crippen molar-refractivity contribution in [1.29, 1.82) is 0 Å². The van der Waals surface area contributed by atoms with Crippen molar-refractivity contribution in [2.75, 3.05) is 39.6 Å². The maximum Gasteiger partial charge on any atom is 0.472 e. The van der Waals surface area contributed by atoms with Gasteiger partial charge in [-0.2, -0.15) is 0 Å². The van der Waals surface area contributed by atoms with Crippen molar-refractivity contribution in [2.24, 2.45) is 0 Å². The number of phosphoric acid groups is 2. The van der Waals surface area contributed by atoms with Crippen molar-refractivity contribution in [3.05, 3.63) is 0 Å². The number of hydrogen-bond donors (Lipinski definition) is 3. The molecule has 0 saturated carbocycles. The zero-order chi connectivity index (χ0) is 78.9. The first-order chi connectivity index (χ1) is 52.7. The fraction of sp³-hybridized carbons (Fsp3) is 0.955. The van der Waals surface area contributed by atoms with E-state index in [1.54, 1.807) is 0 Å². The molecule has 2 unspecified atom stereocenters. The maximum absolute atomic E-state index is 13.2. The van der Waals surface area contributed by atoms with Gasteiger partial charge in [0.1, 0.15) is 19.3 Å². The van der Waals surface area contributed by atoms with Gasteiger partial charge in [-0.05, 0) is 25.7 Å². The minimum absolute atomic E-state index is 0.109. The van der Waals surface area contributed by atoms with E-state index >= 15 is 0 Å². The van der Waals surface area contributed by atoms with E-state index in [1.807, 2.05) is 0 Å². The number of unbranched alkanes of at least 4 members (excludes halogenated alkanes) is 64. The number of carbonyl (C=O) groups excluding carboxylic acids is 4. The fourth-order valence-corrected chi connectivity index (χ4v) is 15.6. The summed E-state index contributed by atoms with van der Waals surface area (Å²) in [5.74, 6) is -2.09. The van der Waals surface area contributed by atoms with Gasteiger partial charge in [0.15, 0.2) is 12.2 Å². The van der Waals surface area contributed by atoms with Crippen LogP contribution >= 0.6 is 15.6 Å². The van der Waals surface area contributed by atoms with Gasteiger partial charge < -0.3 is 33.8 Å². The Morgan fingerprint density at radius 2 is 0.370 bits per heavy atom. The summed E-state index contributed by atoms with van der Waals surface area (Å²) in [6.45, 7) is 5.08. The number of ether oxygens (including phenoxy) is 4. The molecule has 0 aromatic rings. The molecule has 19 heteroatoms. The van der Waals surface area contributed by atoms with Crippen LogP contribution in [-0.4, -0.2) is 96.7 Å². The molecule has 0 saturated heterocycles. The van der Waals surface area contributed by atoms with Crippen molar-refractivity contribution in [1.82, 2.24) is 0 Å². The van der Waals surface area contributed by atoms with Crippen molar-refractivity contribution in [3.8, 4) is 0 Å². The molecule has 0 aliphatic heterocycles. The van der Waals surface area contributed by atoms with Crippen LogP contribution in [0.25, 0.3) is 0 Å². The van der Waals surface area contributed by atoms with Crippen molar-refractivity contribution < 1.29 is 80.2 Å². The van der Waals surface area contributed by atoms with Crippen LogP contribution in [-0.2, 0) is 65.4 Å². The lowest BCUT2D eigenvalue weighted by Gasteiger charge is -2.21. The Kier molecular flexibility index (Phi) is 81.5. The summed E-state index contributed by atoms with van der Waals surface area (Å²) in [6.07, 6.45) is 79.2. The maximum atomic E-state index is 13.2. The quantitative estimate of drug-likeness (QED) is 0.0222. The van der Waals surface area contributed by atoms with Gasteiger partial charge in [0.2, 0.25) is 0 Å². The summed E-state index contributed by atoms with van der Waals surface area (Å²) < 4.78 is 69.0. The molecule has 5 atom stereocenters. The van der Waals surface area contributed by atoms with E-state index in [4.69, 9.17) is 37.0 Å². The largest absolute Gasteiger partial charge is 0.472 e. The lowest BCUT2D eigenvalue weighted by Crippen LogP contribution is -2.30. The van der Waals surface area contributed by atoms with Gasteiger partial charge >= 0.3 is 39.5 Å². The standard InChI is InChI=1S/C89H174O17P2/c1-5-9-13-17-21-25-29-33-35-37-39-41-43-45-47-51-54-58-62-66-70-74-87(92)100-80-85(106-89(94)76-72-68-64-60-56-52-48-46-44-42-40-38-36-34-30-26-22-18-14-10-6-2)82-104-108(97,98)102-78-83(90)77-101-107(95,96)103-81-84(105-88(93)75-71-67-63-59-55-50-32-28-24-20-16-12-8-4)79-99-86(91)73-69-65-61-57-53-49-31-27-23-19-15-11-7-3/h83-85,90H,5-82H2,1-4H3,(H,95,96)(H,97,98)/t83-,84+,85+/m0/s1. The predicted molar refractivity (Wildman–Crippen MR) is 446 cm³/mol. The molecule has 642 valence electrons. The molecule has 0 aliphatic carbocycles. The number of rotatable bonds is 90. The molecule has 0 amide bonds. The topological polar surface area (TPSA) is 237 Å². The summed E-state index contributed by atoms with van der Waals surface area (Å²) >= 11 is 0. The van der Waals surface area contributed by atoms with Crippen LogP contribution in [0.1, 0.15) is 490 Å². The van der Waals surface area contributed by atoms with E-state index in [9.17, 15) is 43.2 Å². The molecule has 0 aromatic heterocycles. The molecule has 0 aliphatic rings. The summed E-state index contributed by atoms with van der Waals surface area (Å²) in [5.41, 5.74) is 0. The Hall–Kier alpha value is -1.94. The first kappa shape index (κ1) is 106. The first-order valence-corrected chi connectivity index (χ1v) is 49.3. The van der Waals surface area contributed by atoms with Gasteiger partial charge in [0.05, 0.1) is 26.4 Å². The molecule has 17 nitrogen and oxygen atoms in total. The van der Waals surface area contributed by atoms with Crippen LogP contribution in [0.5, 0.6) is 0 Å². The molecule has 0 bridgehead atoms. The van der Waals surface area contributed by atoms with Gasteiger partial charge in [-0.15, -0.1) is 0 Å². The summed E-state index contributed by atoms with van der Waals surface area (Å²) in [6, 6.07) is 0. The predicted octanol–water partition coefficient (Wildman–Crippen LogP) is 27.7. The molecule has 3 N–H and O–H groups in total. The Morgan fingerprint density at radius 1 is 0.222 bits per heavy atom. The van der Waals surface area contributed by atoms with Crippen molar-refractivity contribution in [3.63, 3.8) is 0 Å². The summed E-state index contributed by atoms with van der Waals surface area (Å²) in [7, 11) is -9.93. The van der Waals surface area contributed by atoms with E-state index in [1.165, 1.54) is 321 Å². The smallest absolute Gasteiger partial charge is 0.462 e. The number of phosphoric ester groups is 2. The third-order valence-electron chi connectivity index (χ3n) is 21.1. The van der Waals surface area contributed by atoms with E-state index in [2.05, 4.69) is 27.7 Å². The molecule has 0 rings (SSSR count). The minimum Gasteiger partial charge on any atom is -0.462 e. The number of aliphatic hydroxyl groups is 1. The Bertz CT molecular complexity index is 2030. The van der Waals surface area contributed by atoms with E-state index < -0.39 is 97.5 Å². The Labute approximate surface area is 664 Å². The molecular weight excluding hydrogens is 1400 g/mol. The third kappa shape index (κ3) is 82.1. The zero-order valence-corrected chi connectivity index (χ0v) is 72.6. The van der Waals surface area contributed by atoms with Crippen LogP contribution in [0.15, 0.2) is 0 Å². The SMILES string of the molecule is CCCCCCCCCCCCCCCCCCCCCCCC(=O)OC[C@H](COP(=O)(O)OC[C@@H](O)COP(=O)(O)OC[C@@H](COC(=O)CCCCCCCCCCCCCCC)OC(=O)CCCCCCCCCCCCCCC)OC(=O)CCCCCCCCCCCCCCCCCCCCCCC. The second-order valence-electron chi connectivity index (χ2n) is 32.0. The zero-order valence-electron chi connectivity index (χ0n) is 70.8. The monoisotopic (exact) mass is 1580 g/mol. The lowest BCUT2D eigenvalue weighted by molar-refractivity contribution is -0.161. The Morgan fingerprint density at radius 3 is 0.546 bits per heavy atom. The molecule has 0 aromatic carbocycles. The van der Waals surface area contributed by atoms with Gasteiger partial charge in [-0.1, -0.05) is 439 Å². The number of hydrogen-bond acceptors (Lipinski definition) is 15. The number of aliphatic hydroxyl groups excluding tert-OH is 1. The van der Waals surface area contributed by atoms with Gasteiger partial charge in [0.25, 0.3) is 0 Å². The number of esters is 4. The van der Waals surface area contributed by atoms with E-state index in [-0.39, 0.29) is 25.7 Å². The third-order valence-corrected chi connectivity index (χ3v) is 23.0. The van der Waals surface area contributed by atoms with E-state index in [0.717, 1.165) is 89.9 Å². The van der Waals surface area contributed by atoms with Crippen LogP contribution < -0.4 is 0 Å². The van der Waals surface area contributed by atoms with Gasteiger partial charge in [0, 0.05) is 25.7 Å². The van der Waals surface area contributed by atoms with E-state index in [0.29, 0.717) is 25.7 Å². The minimum atomic E-state index is -4.97. The van der Waals surface area contributed by atoms with Crippen LogP contribution in [0.2, 0.25) is 0 Å². The fourth-order valence-electron chi connectivity index (χ4n) is 14.1. The van der Waals surface area contributed by atoms with Gasteiger partial charge in [-0.25, -0.2) is 9.13 Å². The molecule has 0 fully saturated rings. The highest BCUT2D eigenvalue weighted by Gasteiger charge is 2.30. The lowest BCUT2D eigenvalue weighted by atomic mass is 10.0. The average molecular weight is 1580 g/mol. The summed E-state index contributed by atoms with van der Waals surface area (Å²) in [4.78, 5) is 73.3. The molecule has 0 spiro atoms. The van der Waals surface area contributed by atoms with Crippen LogP contribution in [0, 0.1) is 0 Å². The highest BCUT2D eigenvalue weighted by Crippen LogP contribution is 2.45. The molecular formula is C89H174O17P2. The second kappa shape index (κ2) is 83.0. The average Bonchev–Trinajstić information content (AvgIpc) is 0.899. The van der Waals surface area contributed by atoms with Crippen molar-refractivity contribution >= 4 is 39.5 Å². The molecule has 0 radical (unpaired) electrons. The van der Waals surface area contributed by atoms with Crippen LogP contribution in [0.4, 0.5) is 0 Å². The number of carbonyl (C=O) groups is 4. The summed E-state index contributed by atoms with van der Waals surface area (Å²) in [5, 5.41) is 10.7. The first-order valence-electron chi connectivity index (χ1n) is 46.3. The van der Waals surface area contributed by atoms with Crippen molar-refractivity contribution in [2.45, 2.75) is 508 Å². The molecule has 0 heterocycles. The highest BCUT2D eigenvalue weighted by atomic mass is 31.2. The second-order valence-corrected chi connectivity index (χ2v) is 34.9. The van der Waals surface area contributed by atoms with Gasteiger partial charge in [-0.3, -0.25) is 37.3 Å².